The molecule has 0 spiro atoms. The average Bonchev–Trinajstić information content (AvgIpc) is 3.04. The largest absolute Gasteiger partial charge is 0.341 e. The smallest absolute Gasteiger partial charge is 0.224 e. The van der Waals surface area contributed by atoms with Gasteiger partial charge < -0.3 is 4.98 Å². The molecule has 0 bridgehead atoms. The van der Waals surface area contributed by atoms with E-state index in [0.29, 0.717) is 18.7 Å². The summed E-state index contributed by atoms with van der Waals surface area (Å²) in [6.07, 6.45) is 4.03. The zero-order chi connectivity index (χ0) is 17.2. The van der Waals surface area contributed by atoms with Crippen LogP contribution >= 0.6 is 0 Å². The van der Waals surface area contributed by atoms with E-state index in [0.717, 1.165) is 24.1 Å². The van der Waals surface area contributed by atoms with Gasteiger partial charge in [-0.15, -0.1) is 0 Å². The highest BCUT2D eigenvalue weighted by Crippen LogP contribution is 2.24. The normalized spacial score (nSPS) is 18.9. The fourth-order valence-electron chi connectivity index (χ4n) is 2.99. The molecule has 1 aliphatic carbocycles. The average molecular weight is 347 g/mol. The van der Waals surface area contributed by atoms with Crippen molar-refractivity contribution in [3.63, 3.8) is 0 Å². The Kier molecular flexibility index (Phi) is 4.82. The molecular formula is C17H21N3O3S. The maximum Gasteiger partial charge on any atom is 0.224 e. The molecule has 1 saturated carbocycles. The minimum absolute atomic E-state index is 0.124. The third-order valence-electron chi connectivity index (χ3n) is 4.38. The van der Waals surface area contributed by atoms with Crippen molar-refractivity contribution < 1.29 is 13.2 Å². The molecule has 0 radical (unpaired) electrons. The number of carbonyl (C=O) groups is 1. The van der Waals surface area contributed by atoms with Gasteiger partial charge in [-0.3, -0.25) is 4.79 Å². The zero-order valence-electron chi connectivity index (χ0n) is 13.6. The Labute approximate surface area is 142 Å². The number of hydrogen-bond donors (Lipinski definition) is 1. The summed E-state index contributed by atoms with van der Waals surface area (Å²) in [6.45, 7) is 0.124. The van der Waals surface area contributed by atoms with Crippen molar-refractivity contribution in [2.75, 3.05) is 7.05 Å². The third-order valence-corrected chi connectivity index (χ3v) is 6.59. The Bertz CT molecular complexity index is 815. The van der Waals surface area contributed by atoms with Gasteiger partial charge >= 0.3 is 0 Å². The van der Waals surface area contributed by atoms with E-state index in [-0.39, 0.29) is 12.3 Å². The zero-order valence-corrected chi connectivity index (χ0v) is 14.4. The van der Waals surface area contributed by atoms with E-state index in [2.05, 4.69) is 9.97 Å². The van der Waals surface area contributed by atoms with Crippen LogP contribution in [-0.4, -0.2) is 40.8 Å². The minimum Gasteiger partial charge on any atom is -0.341 e. The van der Waals surface area contributed by atoms with Crippen LogP contribution in [0.4, 0.5) is 0 Å². The number of nitrogens with zero attached hydrogens (tertiary/aromatic N) is 2. The van der Waals surface area contributed by atoms with Crippen LogP contribution < -0.4 is 0 Å². The molecule has 1 aromatic heterocycles. The van der Waals surface area contributed by atoms with E-state index in [4.69, 9.17) is 0 Å². The standard InChI is InChI=1S/C17H21N3O3S/c1-20(24(22,23)16-10-6-5-9-15(16)21)12-17-18-11-14(19-17)13-7-3-2-4-8-13/h2-4,7-8,11,16H,5-6,9-10,12H2,1H3,(H,18,19). The Balaban J connectivity index is 1.74. The first-order valence-electron chi connectivity index (χ1n) is 8.05. The fraction of sp³-hybridized carbons (Fsp3) is 0.412. The van der Waals surface area contributed by atoms with Gasteiger partial charge in [-0.1, -0.05) is 36.8 Å². The Morgan fingerprint density at radius 1 is 1.25 bits per heavy atom. The lowest BCUT2D eigenvalue weighted by Gasteiger charge is -2.25. The van der Waals surface area contributed by atoms with Gasteiger partial charge in [0.15, 0.2) is 5.78 Å². The molecule has 1 N–H and O–H groups in total. The van der Waals surface area contributed by atoms with Gasteiger partial charge in [0.1, 0.15) is 11.1 Å². The monoisotopic (exact) mass is 347 g/mol. The molecule has 0 aliphatic heterocycles. The molecule has 0 amide bonds. The molecule has 0 saturated heterocycles. The molecule has 24 heavy (non-hydrogen) atoms. The molecule has 7 heteroatoms. The van der Waals surface area contributed by atoms with Crippen molar-refractivity contribution in [2.45, 2.75) is 37.5 Å². The number of hydrogen-bond acceptors (Lipinski definition) is 4. The summed E-state index contributed by atoms with van der Waals surface area (Å²) in [4.78, 5) is 19.4. The molecule has 1 aromatic carbocycles. The third kappa shape index (κ3) is 3.42. The van der Waals surface area contributed by atoms with E-state index >= 15 is 0 Å². The van der Waals surface area contributed by atoms with Gasteiger partial charge in [0.05, 0.1) is 18.4 Å². The summed E-state index contributed by atoms with van der Waals surface area (Å²) in [6, 6.07) is 9.71. The van der Waals surface area contributed by atoms with E-state index in [1.54, 1.807) is 6.20 Å². The van der Waals surface area contributed by atoms with Crippen LogP contribution in [0.15, 0.2) is 36.5 Å². The SMILES string of the molecule is CN(Cc1ncc(-c2ccccc2)[nH]1)S(=O)(=O)C1CCCCC1=O. The summed E-state index contributed by atoms with van der Waals surface area (Å²) in [5, 5.41) is -0.903. The quantitative estimate of drug-likeness (QED) is 0.900. The number of H-pyrrole nitrogens is 1. The number of sulfonamides is 1. The maximum atomic E-state index is 12.6. The summed E-state index contributed by atoms with van der Waals surface area (Å²) in [5.74, 6) is 0.390. The molecule has 128 valence electrons. The number of aromatic nitrogens is 2. The van der Waals surface area contributed by atoms with Crippen molar-refractivity contribution in [3.8, 4) is 11.3 Å². The Hall–Kier alpha value is -1.99. The predicted octanol–water partition coefficient (Wildman–Crippen LogP) is 2.35. The lowest BCUT2D eigenvalue weighted by molar-refractivity contribution is -0.119. The first-order valence-corrected chi connectivity index (χ1v) is 9.56. The molecule has 2 aromatic rings. The molecule has 1 aliphatic rings. The van der Waals surface area contributed by atoms with Gasteiger partial charge in [-0.25, -0.2) is 13.4 Å². The highest BCUT2D eigenvalue weighted by atomic mass is 32.2. The number of nitrogens with one attached hydrogen (secondary N) is 1. The maximum absolute atomic E-state index is 12.6. The second-order valence-electron chi connectivity index (χ2n) is 6.11. The van der Waals surface area contributed by atoms with Crippen molar-refractivity contribution >= 4 is 15.8 Å². The number of rotatable bonds is 5. The molecule has 3 rings (SSSR count). The lowest BCUT2D eigenvalue weighted by atomic mass is 9.99. The minimum atomic E-state index is -3.64. The van der Waals surface area contributed by atoms with Gasteiger partial charge in [-0.2, -0.15) is 4.31 Å². The summed E-state index contributed by atoms with van der Waals surface area (Å²) in [7, 11) is -2.14. The molecule has 1 fully saturated rings. The van der Waals surface area contributed by atoms with Gasteiger partial charge in [0.25, 0.3) is 0 Å². The Morgan fingerprint density at radius 2 is 2.00 bits per heavy atom. The molecule has 1 heterocycles. The number of imidazole rings is 1. The van der Waals surface area contributed by atoms with E-state index in [1.807, 2.05) is 30.3 Å². The number of Topliss-reactive ketones (excluding diaryl/α,β-unsaturated/α-hetero) is 1. The highest BCUT2D eigenvalue weighted by Gasteiger charge is 2.37. The number of ketones is 1. The summed E-state index contributed by atoms with van der Waals surface area (Å²) < 4.78 is 26.5. The van der Waals surface area contributed by atoms with Crippen LogP contribution in [-0.2, 0) is 21.4 Å². The number of carbonyl (C=O) groups excluding carboxylic acids is 1. The van der Waals surface area contributed by atoms with Gasteiger partial charge in [0.2, 0.25) is 10.0 Å². The second kappa shape index (κ2) is 6.86. The van der Waals surface area contributed by atoms with Crippen molar-refractivity contribution in [2.24, 2.45) is 0 Å². The highest BCUT2D eigenvalue weighted by molar-refractivity contribution is 7.90. The molecular weight excluding hydrogens is 326 g/mol. The topological polar surface area (TPSA) is 83.1 Å². The second-order valence-corrected chi connectivity index (χ2v) is 8.33. The van der Waals surface area contributed by atoms with Crippen LogP contribution in [0.25, 0.3) is 11.3 Å². The van der Waals surface area contributed by atoms with E-state index in [1.165, 1.54) is 11.4 Å². The van der Waals surface area contributed by atoms with Crippen LogP contribution in [0.3, 0.4) is 0 Å². The van der Waals surface area contributed by atoms with Crippen molar-refractivity contribution in [1.82, 2.24) is 14.3 Å². The molecule has 1 unspecified atom stereocenters. The first-order chi connectivity index (χ1) is 11.5. The van der Waals surface area contributed by atoms with Gasteiger partial charge in [0, 0.05) is 13.5 Å². The van der Waals surface area contributed by atoms with E-state index < -0.39 is 15.3 Å². The van der Waals surface area contributed by atoms with Crippen molar-refractivity contribution in [1.29, 1.82) is 0 Å². The van der Waals surface area contributed by atoms with Crippen LogP contribution in [0.2, 0.25) is 0 Å². The lowest BCUT2D eigenvalue weighted by Crippen LogP contribution is -2.42. The van der Waals surface area contributed by atoms with Crippen LogP contribution in [0.5, 0.6) is 0 Å². The van der Waals surface area contributed by atoms with Crippen LogP contribution in [0.1, 0.15) is 31.5 Å². The Morgan fingerprint density at radius 3 is 2.71 bits per heavy atom. The number of benzene rings is 1. The number of aromatic amines is 1. The van der Waals surface area contributed by atoms with Crippen LogP contribution in [0, 0.1) is 0 Å². The molecule has 1 atom stereocenters. The molecule has 6 nitrogen and oxygen atoms in total. The van der Waals surface area contributed by atoms with E-state index in [9.17, 15) is 13.2 Å². The fourth-order valence-corrected chi connectivity index (χ4v) is 4.64. The summed E-state index contributed by atoms with van der Waals surface area (Å²) in [5.41, 5.74) is 1.83. The van der Waals surface area contributed by atoms with Crippen molar-refractivity contribution in [3.05, 3.63) is 42.4 Å². The summed E-state index contributed by atoms with van der Waals surface area (Å²) >= 11 is 0. The van der Waals surface area contributed by atoms with Gasteiger partial charge in [-0.05, 0) is 18.4 Å². The first kappa shape index (κ1) is 16.9. The predicted molar refractivity (Wildman–Crippen MR) is 91.7 cm³/mol.